The zero-order chi connectivity index (χ0) is 15.1. The van der Waals surface area contributed by atoms with Crippen molar-refractivity contribution < 1.29 is 9.84 Å². The first-order valence-corrected chi connectivity index (χ1v) is 7.14. The number of ether oxygens (including phenoxy) is 1. The van der Waals surface area contributed by atoms with E-state index in [-0.39, 0.29) is 6.61 Å². The zero-order valence-electron chi connectivity index (χ0n) is 12.5. The smallest absolute Gasteiger partial charge is 0.120 e. The van der Waals surface area contributed by atoms with Crippen LogP contribution in [0.3, 0.4) is 0 Å². The summed E-state index contributed by atoms with van der Waals surface area (Å²) < 4.78 is 5.81. The first-order chi connectivity index (χ1) is 10.2. The van der Waals surface area contributed by atoms with E-state index in [4.69, 9.17) is 9.84 Å². The quantitative estimate of drug-likeness (QED) is 0.869. The molecule has 0 amide bonds. The third-order valence-corrected chi connectivity index (χ3v) is 3.34. The molecule has 0 heterocycles. The molecule has 0 aliphatic heterocycles. The average Bonchev–Trinajstić information content (AvgIpc) is 2.52. The molecule has 0 saturated carbocycles. The van der Waals surface area contributed by atoms with Crippen LogP contribution in [0, 0.1) is 18.8 Å². The average molecular weight is 280 g/mol. The van der Waals surface area contributed by atoms with E-state index in [0.717, 1.165) is 28.9 Å². The molecule has 2 aromatic carbocycles. The lowest BCUT2D eigenvalue weighted by Gasteiger charge is -2.08. The number of hydrogen-bond donors (Lipinski definition) is 1. The molecule has 0 bridgehead atoms. The predicted molar refractivity (Wildman–Crippen MR) is 85.3 cm³/mol. The second kappa shape index (κ2) is 7.52. The van der Waals surface area contributed by atoms with Gasteiger partial charge in [-0.15, -0.1) is 0 Å². The lowest BCUT2D eigenvalue weighted by Crippen LogP contribution is -1.96. The molecule has 0 fully saturated rings. The minimum Gasteiger partial charge on any atom is -0.489 e. The van der Waals surface area contributed by atoms with E-state index in [9.17, 15) is 0 Å². The van der Waals surface area contributed by atoms with Crippen molar-refractivity contribution in [2.45, 2.75) is 26.9 Å². The van der Waals surface area contributed by atoms with Gasteiger partial charge in [-0.25, -0.2) is 0 Å². The summed E-state index contributed by atoms with van der Waals surface area (Å²) in [6.45, 7) is 4.58. The Kier molecular flexibility index (Phi) is 5.43. The highest BCUT2D eigenvalue weighted by Crippen LogP contribution is 2.18. The third-order valence-electron chi connectivity index (χ3n) is 3.34. The summed E-state index contributed by atoms with van der Waals surface area (Å²) in [5, 5.41) is 8.72. The zero-order valence-corrected chi connectivity index (χ0v) is 12.5. The summed E-state index contributed by atoms with van der Waals surface area (Å²) in [6, 6.07) is 14.3. The van der Waals surface area contributed by atoms with E-state index in [1.165, 1.54) is 5.56 Å². The molecule has 2 nitrogen and oxygen atoms in total. The standard InChI is InChI=1S/C19H20O2/c1-3-16-6-8-17(9-7-16)14-21-19-11-10-18(5-4-12-20)15(2)13-19/h6-11,13,20H,3,12,14H2,1-2H3. The number of aliphatic hydroxyl groups excluding tert-OH is 1. The van der Waals surface area contributed by atoms with Gasteiger partial charge in [0.05, 0.1) is 0 Å². The first kappa shape index (κ1) is 15.2. The van der Waals surface area contributed by atoms with Gasteiger partial charge in [-0.2, -0.15) is 0 Å². The summed E-state index contributed by atoms with van der Waals surface area (Å²) in [6.07, 6.45) is 1.05. The van der Waals surface area contributed by atoms with Crippen molar-refractivity contribution in [1.29, 1.82) is 0 Å². The third kappa shape index (κ3) is 4.37. The molecule has 0 aromatic heterocycles. The first-order valence-electron chi connectivity index (χ1n) is 7.14. The SMILES string of the molecule is CCc1ccc(COc2ccc(C#CCO)c(C)c2)cc1. The highest BCUT2D eigenvalue weighted by molar-refractivity contribution is 5.44. The van der Waals surface area contributed by atoms with Crippen LogP contribution in [0.25, 0.3) is 0 Å². The minimum absolute atomic E-state index is 0.120. The van der Waals surface area contributed by atoms with Crippen LogP contribution in [0.5, 0.6) is 5.75 Å². The van der Waals surface area contributed by atoms with Gasteiger partial charge < -0.3 is 9.84 Å². The van der Waals surface area contributed by atoms with Crippen LogP contribution < -0.4 is 4.74 Å². The molecule has 108 valence electrons. The number of benzene rings is 2. The van der Waals surface area contributed by atoms with E-state index >= 15 is 0 Å². The fourth-order valence-electron chi connectivity index (χ4n) is 2.04. The van der Waals surface area contributed by atoms with Gasteiger partial charge in [0, 0.05) is 5.56 Å². The van der Waals surface area contributed by atoms with Crippen LogP contribution in [-0.4, -0.2) is 11.7 Å². The molecule has 0 saturated heterocycles. The van der Waals surface area contributed by atoms with E-state index in [2.05, 4.69) is 43.0 Å². The molecule has 0 radical (unpaired) electrons. The molecule has 2 rings (SSSR count). The molecule has 2 aromatic rings. The van der Waals surface area contributed by atoms with Gasteiger partial charge in [0.2, 0.25) is 0 Å². The Morgan fingerprint density at radius 1 is 1.05 bits per heavy atom. The molecule has 0 unspecified atom stereocenters. The maximum Gasteiger partial charge on any atom is 0.120 e. The van der Waals surface area contributed by atoms with Crippen molar-refractivity contribution in [3.05, 3.63) is 64.7 Å². The van der Waals surface area contributed by atoms with E-state index in [1.54, 1.807) is 0 Å². The molecule has 21 heavy (non-hydrogen) atoms. The second-order valence-corrected chi connectivity index (χ2v) is 4.90. The largest absolute Gasteiger partial charge is 0.489 e. The molecule has 2 heteroatoms. The monoisotopic (exact) mass is 280 g/mol. The van der Waals surface area contributed by atoms with Crippen molar-refractivity contribution >= 4 is 0 Å². The Balaban J connectivity index is 2.01. The Morgan fingerprint density at radius 2 is 1.76 bits per heavy atom. The topological polar surface area (TPSA) is 29.5 Å². The van der Waals surface area contributed by atoms with Crippen molar-refractivity contribution in [2.75, 3.05) is 6.61 Å². The van der Waals surface area contributed by atoms with Gasteiger partial charge in [-0.05, 0) is 48.2 Å². The molecule has 1 N–H and O–H groups in total. The highest BCUT2D eigenvalue weighted by Gasteiger charge is 2.00. The number of aryl methyl sites for hydroxylation is 2. The summed E-state index contributed by atoms with van der Waals surface area (Å²) in [4.78, 5) is 0. The van der Waals surface area contributed by atoms with Gasteiger partial charge >= 0.3 is 0 Å². The van der Waals surface area contributed by atoms with Crippen molar-refractivity contribution in [2.24, 2.45) is 0 Å². The minimum atomic E-state index is -0.120. The summed E-state index contributed by atoms with van der Waals surface area (Å²) in [5.74, 6) is 6.41. The summed E-state index contributed by atoms with van der Waals surface area (Å²) in [7, 11) is 0. The maximum atomic E-state index is 8.72. The Labute approximate surface area is 126 Å². The number of hydrogen-bond acceptors (Lipinski definition) is 2. The number of aliphatic hydroxyl groups is 1. The van der Waals surface area contributed by atoms with E-state index in [1.807, 2.05) is 25.1 Å². The van der Waals surface area contributed by atoms with Crippen LogP contribution in [0.15, 0.2) is 42.5 Å². The van der Waals surface area contributed by atoms with Crippen LogP contribution in [-0.2, 0) is 13.0 Å². The highest BCUT2D eigenvalue weighted by atomic mass is 16.5. The Hall–Kier alpha value is -2.24. The fraction of sp³-hybridized carbons (Fsp3) is 0.263. The normalized spacial score (nSPS) is 9.86. The molecular weight excluding hydrogens is 260 g/mol. The molecule has 0 aliphatic carbocycles. The van der Waals surface area contributed by atoms with Crippen molar-refractivity contribution in [1.82, 2.24) is 0 Å². The van der Waals surface area contributed by atoms with Gasteiger partial charge in [-0.1, -0.05) is 43.0 Å². The fourth-order valence-corrected chi connectivity index (χ4v) is 2.04. The van der Waals surface area contributed by atoms with Crippen LogP contribution in [0.1, 0.15) is 29.2 Å². The van der Waals surface area contributed by atoms with Crippen molar-refractivity contribution in [3.8, 4) is 17.6 Å². The van der Waals surface area contributed by atoms with E-state index < -0.39 is 0 Å². The maximum absolute atomic E-state index is 8.72. The van der Waals surface area contributed by atoms with Crippen molar-refractivity contribution in [3.63, 3.8) is 0 Å². The molecular formula is C19H20O2. The Bertz CT molecular complexity index is 646. The Morgan fingerprint density at radius 3 is 2.38 bits per heavy atom. The predicted octanol–water partition coefficient (Wildman–Crippen LogP) is 3.48. The summed E-state index contributed by atoms with van der Waals surface area (Å²) >= 11 is 0. The van der Waals surface area contributed by atoms with Gasteiger partial charge in [-0.3, -0.25) is 0 Å². The number of rotatable bonds is 4. The lowest BCUT2D eigenvalue weighted by atomic mass is 10.1. The summed E-state index contributed by atoms with van der Waals surface area (Å²) in [5.41, 5.74) is 4.47. The second-order valence-electron chi connectivity index (χ2n) is 4.90. The van der Waals surface area contributed by atoms with Crippen LogP contribution >= 0.6 is 0 Å². The van der Waals surface area contributed by atoms with Gasteiger partial charge in [0.15, 0.2) is 0 Å². The van der Waals surface area contributed by atoms with Crippen LogP contribution in [0.4, 0.5) is 0 Å². The van der Waals surface area contributed by atoms with Crippen LogP contribution in [0.2, 0.25) is 0 Å². The van der Waals surface area contributed by atoms with Gasteiger partial charge in [0.25, 0.3) is 0 Å². The molecule has 0 spiro atoms. The van der Waals surface area contributed by atoms with E-state index in [0.29, 0.717) is 6.61 Å². The molecule has 0 atom stereocenters. The van der Waals surface area contributed by atoms with Gasteiger partial charge in [0.1, 0.15) is 19.0 Å². The lowest BCUT2D eigenvalue weighted by molar-refractivity contribution is 0.306. The molecule has 0 aliphatic rings.